The van der Waals surface area contributed by atoms with Crippen LogP contribution >= 0.6 is 22.9 Å². The summed E-state index contributed by atoms with van der Waals surface area (Å²) >= 11 is 7.37. The van der Waals surface area contributed by atoms with Gasteiger partial charge >= 0.3 is 0 Å². The fraction of sp³-hybridized carbons (Fsp3) is 0.250. The van der Waals surface area contributed by atoms with Crippen molar-refractivity contribution in [2.45, 2.75) is 18.4 Å². The highest BCUT2D eigenvalue weighted by atomic mass is 35.5. The summed E-state index contributed by atoms with van der Waals surface area (Å²) in [7, 11) is 0. The topological polar surface area (TPSA) is 80.9 Å². The number of nitrogens with zero attached hydrogens (tertiary/aromatic N) is 2. The monoisotopic (exact) mass is 294 g/mol. The second-order valence-electron chi connectivity index (χ2n) is 4.50. The molecule has 3 rings (SSSR count). The van der Waals surface area contributed by atoms with Crippen LogP contribution in [0.2, 0.25) is 5.02 Å². The third-order valence-electron chi connectivity index (χ3n) is 2.99. The van der Waals surface area contributed by atoms with Crippen LogP contribution in [0.1, 0.15) is 12.8 Å². The Morgan fingerprint density at radius 3 is 2.79 bits per heavy atom. The average Bonchev–Trinajstić information content (AvgIpc) is 2.98. The Morgan fingerprint density at radius 1 is 1.37 bits per heavy atom. The SMILES string of the molecule is NC1(C(=O)Nc2nnc(-c3ccccc3Cl)s2)CC1. The van der Waals surface area contributed by atoms with Gasteiger partial charge in [-0.15, -0.1) is 10.2 Å². The lowest BCUT2D eigenvalue weighted by molar-refractivity contribution is -0.118. The van der Waals surface area contributed by atoms with Crippen molar-refractivity contribution >= 4 is 34.0 Å². The first-order chi connectivity index (χ1) is 9.08. The van der Waals surface area contributed by atoms with E-state index in [9.17, 15) is 4.79 Å². The Kier molecular flexibility index (Phi) is 3.00. The van der Waals surface area contributed by atoms with Gasteiger partial charge < -0.3 is 5.73 Å². The molecule has 1 aliphatic carbocycles. The summed E-state index contributed by atoms with van der Waals surface area (Å²) in [5, 5.41) is 12.4. The van der Waals surface area contributed by atoms with Crippen molar-refractivity contribution in [2.75, 3.05) is 5.32 Å². The summed E-state index contributed by atoms with van der Waals surface area (Å²) in [6.07, 6.45) is 1.43. The number of hydrogen-bond acceptors (Lipinski definition) is 5. The minimum Gasteiger partial charge on any atom is -0.317 e. The smallest absolute Gasteiger partial charge is 0.246 e. The first kappa shape index (κ1) is 12.5. The molecule has 0 unspecified atom stereocenters. The molecule has 98 valence electrons. The predicted molar refractivity (Wildman–Crippen MR) is 75.1 cm³/mol. The van der Waals surface area contributed by atoms with Crippen LogP contribution in [0, 0.1) is 0 Å². The van der Waals surface area contributed by atoms with Crippen molar-refractivity contribution in [2.24, 2.45) is 5.73 Å². The maximum Gasteiger partial charge on any atom is 0.246 e. The number of carbonyl (C=O) groups is 1. The molecule has 7 heteroatoms. The molecule has 1 aromatic carbocycles. The lowest BCUT2D eigenvalue weighted by atomic mass is 10.2. The van der Waals surface area contributed by atoms with E-state index in [2.05, 4.69) is 15.5 Å². The Labute approximate surface area is 118 Å². The minimum atomic E-state index is -0.712. The summed E-state index contributed by atoms with van der Waals surface area (Å²) in [5.74, 6) is -0.200. The molecule has 1 aromatic heterocycles. The van der Waals surface area contributed by atoms with Crippen LogP contribution in [0.5, 0.6) is 0 Å². The Hall–Kier alpha value is -1.50. The highest BCUT2D eigenvalue weighted by molar-refractivity contribution is 7.18. The molecular weight excluding hydrogens is 284 g/mol. The Balaban J connectivity index is 1.80. The van der Waals surface area contributed by atoms with Crippen molar-refractivity contribution in [3.05, 3.63) is 29.3 Å². The van der Waals surface area contributed by atoms with Crippen molar-refractivity contribution in [1.29, 1.82) is 0 Å². The highest BCUT2D eigenvalue weighted by Crippen LogP contribution is 2.35. The van der Waals surface area contributed by atoms with Gasteiger partial charge in [-0.05, 0) is 18.9 Å². The van der Waals surface area contributed by atoms with E-state index in [0.717, 1.165) is 18.4 Å². The number of hydrogen-bond donors (Lipinski definition) is 2. The van der Waals surface area contributed by atoms with Crippen LogP contribution < -0.4 is 11.1 Å². The lowest BCUT2D eigenvalue weighted by Gasteiger charge is -2.06. The second-order valence-corrected chi connectivity index (χ2v) is 5.89. The van der Waals surface area contributed by atoms with Gasteiger partial charge in [0.1, 0.15) is 0 Å². The molecular formula is C12H11ClN4OS. The van der Waals surface area contributed by atoms with Gasteiger partial charge in [-0.2, -0.15) is 0 Å². The van der Waals surface area contributed by atoms with Crippen LogP contribution in [0.25, 0.3) is 10.6 Å². The number of rotatable bonds is 3. The molecule has 0 saturated heterocycles. The molecule has 1 fully saturated rings. The van der Waals surface area contributed by atoms with Crippen molar-refractivity contribution < 1.29 is 4.79 Å². The maximum atomic E-state index is 11.8. The van der Waals surface area contributed by atoms with Gasteiger partial charge in [0.05, 0.1) is 10.6 Å². The molecule has 1 heterocycles. The van der Waals surface area contributed by atoms with E-state index >= 15 is 0 Å². The Morgan fingerprint density at radius 2 is 2.11 bits per heavy atom. The van der Waals surface area contributed by atoms with Gasteiger partial charge in [-0.3, -0.25) is 10.1 Å². The summed E-state index contributed by atoms with van der Waals surface area (Å²) in [6.45, 7) is 0. The van der Waals surface area contributed by atoms with Gasteiger partial charge in [0.25, 0.3) is 0 Å². The molecule has 1 aliphatic rings. The molecule has 1 amide bonds. The van der Waals surface area contributed by atoms with Gasteiger partial charge in [-0.1, -0.05) is 41.1 Å². The molecule has 0 aliphatic heterocycles. The standard InChI is InChI=1S/C12H11ClN4OS/c13-8-4-2-1-3-7(8)9-16-17-11(19-9)15-10(18)12(14)5-6-12/h1-4H,5-6,14H2,(H,15,17,18). The zero-order valence-electron chi connectivity index (χ0n) is 9.89. The van der Waals surface area contributed by atoms with E-state index < -0.39 is 5.54 Å². The van der Waals surface area contributed by atoms with E-state index in [-0.39, 0.29) is 5.91 Å². The summed E-state index contributed by atoms with van der Waals surface area (Å²) in [5.41, 5.74) is 5.89. The normalized spacial score (nSPS) is 16.1. The maximum absolute atomic E-state index is 11.8. The molecule has 1 saturated carbocycles. The fourth-order valence-electron chi connectivity index (χ4n) is 1.60. The number of benzene rings is 1. The highest BCUT2D eigenvalue weighted by Gasteiger charge is 2.46. The molecule has 0 atom stereocenters. The molecule has 5 nitrogen and oxygen atoms in total. The fourth-order valence-corrected chi connectivity index (χ4v) is 2.66. The van der Waals surface area contributed by atoms with Crippen LogP contribution in [-0.4, -0.2) is 21.6 Å². The number of anilines is 1. The predicted octanol–water partition coefficient (Wildman–Crippen LogP) is 2.29. The van der Waals surface area contributed by atoms with Crippen molar-refractivity contribution in [1.82, 2.24) is 10.2 Å². The van der Waals surface area contributed by atoms with E-state index in [0.29, 0.717) is 15.2 Å². The number of nitrogens with two attached hydrogens (primary N) is 1. The largest absolute Gasteiger partial charge is 0.317 e. The zero-order valence-corrected chi connectivity index (χ0v) is 11.5. The van der Waals surface area contributed by atoms with E-state index in [1.807, 2.05) is 18.2 Å². The molecule has 0 bridgehead atoms. The first-order valence-corrected chi connectivity index (χ1v) is 6.97. The van der Waals surface area contributed by atoms with Crippen LogP contribution in [0.3, 0.4) is 0 Å². The van der Waals surface area contributed by atoms with Gasteiger partial charge in [0, 0.05) is 5.56 Å². The number of carbonyl (C=O) groups excluding carboxylic acids is 1. The number of halogens is 1. The molecule has 2 aromatic rings. The summed E-state index contributed by atoms with van der Waals surface area (Å²) in [6, 6.07) is 7.37. The van der Waals surface area contributed by atoms with E-state index in [1.165, 1.54) is 11.3 Å². The molecule has 0 spiro atoms. The molecule has 0 radical (unpaired) electrons. The number of aromatic nitrogens is 2. The van der Waals surface area contributed by atoms with Crippen LogP contribution in [0.15, 0.2) is 24.3 Å². The lowest BCUT2D eigenvalue weighted by Crippen LogP contribution is -2.37. The third kappa shape index (κ3) is 2.47. The zero-order chi connectivity index (χ0) is 13.5. The quantitative estimate of drug-likeness (QED) is 0.910. The molecule has 3 N–H and O–H groups in total. The minimum absolute atomic E-state index is 0.200. The van der Waals surface area contributed by atoms with E-state index in [4.69, 9.17) is 17.3 Å². The van der Waals surface area contributed by atoms with Crippen LogP contribution in [0.4, 0.5) is 5.13 Å². The van der Waals surface area contributed by atoms with E-state index in [1.54, 1.807) is 6.07 Å². The Bertz CT molecular complexity index is 638. The third-order valence-corrected chi connectivity index (χ3v) is 4.19. The number of nitrogens with one attached hydrogen (secondary N) is 1. The molecule has 19 heavy (non-hydrogen) atoms. The van der Waals surface area contributed by atoms with Crippen molar-refractivity contribution in [3.63, 3.8) is 0 Å². The second kappa shape index (κ2) is 4.56. The average molecular weight is 295 g/mol. The van der Waals surface area contributed by atoms with Gasteiger partial charge in [0.2, 0.25) is 11.0 Å². The van der Waals surface area contributed by atoms with Gasteiger partial charge in [-0.25, -0.2) is 0 Å². The summed E-state index contributed by atoms with van der Waals surface area (Å²) in [4.78, 5) is 11.8. The van der Waals surface area contributed by atoms with Crippen molar-refractivity contribution in [3.8, 4) is 10.6 Å². The van der Waals surface area contributed by atoms with Gasteiger partial charge in [0.15, 0.2) is 5.01 Å². The van der Waals surface area contributed by atoms with Crippen LogP contribution in [-0.2, 0) is 4.79 Å². The number of amides is 1. The first-order valence-electron chi connectivity index (χ1n) is 5.77. The summed E-state index contributed by atoms with van der Waals surface area (Å²) < 4.78 is 0.